The van der Waals surface area contributed by atoms with Gasteiger partial charge in [-0.1, -0.05) is 18.2 Å². The predicted molar refractivity (Wildman–Crippen MR) is 77.7 cm³/mol. The highest BCUT2D eigenvalue weighted by Crippen LogP contribution is 2.38. The highest BCUT2D eigenvalue weighted by Gasteiger charge is 2.28. The molecule has 1 N–H and O–H groups in total. The second-order valence-electron chi connectivity index (χ2n) is 4.86. The minimum absolute atomic E-state index is 0.289. The van der Waals surface area contributed by atoms with Gasteiger partial charge < -0.3 is 9.84 Å². The summed E-state index contributed by atoms with van der Waals surface area (Å²) in [7, 11) is 0. The molecule has 2 aromatic carbocycles. The van der Waals surface area contributed by atoms with Crippen molar-refractivity contribution in [3.8, 4) is 5.75 Å². The van der Waals surface area contributed by atoms with Crippen LogP contribution in [0.5, 0.6) is 5.75 Å². The Morgan fingerprint density at radius 3 is 2.90 bits per heavy atom. The van der Waals surface area contributed by atoms with Crippen LogP contribution in [0.3, 0.4) is 0 Å². The molecular weight excluding hydrogens is 275 g/mol. The van der Waals surface area contributed by atoms with Crippen molar-refractivity contribution in [2.24, 2.45) is 0 Å². The molecule has 2 atom stereocenters. The molecule has 3 rings (SSSR count). The number of rotatable bonds is 2. The summed E-state index contributed by atoms with van der Waals surface area (Å²) in [5, 5.41) is 10.5. The van der Waals surface area contributed by atoms with E-state index in [1.807, 2.05) is 24.3 Å². The van der Waals surface area contributed by atoms with Crippen LogP contribution < -0.4 is 4.74 Å². The number of halogens is 1. The maximum atomic E-state index is 13.1. The number of hydrogen-bond acceptors (Lipinski definition) is 3. The van der Waals surface area contributed by atoms with Crippen molar-refractivity contribution in [1.29, 1.82) is 0 Å². The van der Waals surface area contributed by atoms with Crippen molar-refractivity contribution < 1.29 is 14.2 Å². The molecule has 2 aromatic rings. The molecule has 0 bridgehead atoms. The minimum Gasteiger partial charge on any atom is -0.485 e. The fourth-order valence-electron chi connectivity index (χ4n) is 2.36. The maximum absolute atomic E-state index is 13.1. The van der Waals surface area contributed by atoms with Crippen LogP contribution in [0.2, 0.25) is 0 Å². The molecule has 2 unspecified atom stereocenters. The Bertz CT molecular complexity index is 630. The van der Waals surface area contributed by atoms with E-state index in [2.05, 4.69) is 0 Å². The van der Waals surface area contributed by atoms with Gasteiger partial charge in [0.2, 0.25) is 0 Å². The van der Waals surface area contributed by atoms with Crippen LogP contribution in [0.15, 0.2) is 47.4 Å². The van der Waals surface area contributed by atoms with Crippen molar-refractivity contribution in [2.75, 3.05) is 5.75 Å². The molecule has 0 aliphatic carbocycles. The number of hydrogen-bond donors (Lipinski definition) is 1. The molecular formula is C16H15FO2S. The van der Waals surface area contributed by atoms with E-state index in [0.29, 0.717) is 5.75 Å². The molecule has 0 amide bonds. The fourth-order valence-corrected chi connectivity index (χ4v) is 3.39. The minimum atomic E-state index is -0.753. The Morgan fingerprint density at radius 1 is 1.30 bits per heavy atom. The molecule has 104 valence electrons. The van der Waals surface area contributed by atoms with E-state index < -0.39 is 6.10 Å². The Balaban J connectivity index is 1.84. The van der Waals surface area contributed by atoms with Gasteiger partial charge in [0.05, 0.1) is 0 Å². The summed E-state index contributed by atoms with van der Waals surface area (Å²) in [5.41, 5.74) is 1.46. The van der Waals surface area contributed by atoms with Gasteiger partial charge in [0, 0.05) is 10.6 Å². The lowest BCUT2D eigenvalue weighted by Crippen LogP contribution is -2.30. The van der Waals surface area contributed by atoms with E-state index in [4.69, 9.17) is 4.74 Å². The first kappa shape index (κ1) is 13.5. The monoisotopic (exact) mass is 290 g/mol. The highest BCUT2D eigenvalue weighted by molar-refractivity contribution is 7.99. The standard InChI is InChI=1S/C16H15FO2S/c1-10-8-11(17)6-7-12(10)16(18)14-9-20-15-5-3-2-4-13(15)19-14/h2-8,14,16,18H,9H2,1H3. The lowest BCUT2D eigenvalue weighted by Gasteiger charge is -2.29. The first-order valence-corrected chi connectivity index (χ1v) is 7.46. The smallest absolute Gasteiger partial charge is 0.138 e. The van der Waals surface area contributed by atoms with Gasteiger partial charge in [-0.2, -0.15) is 0 Å². The average molecular weight is 290 g/mol. The van der Waals surface area contributed by atoms with Crippen molar-refractivity contribution in [1.82, 2.24) is 0 Å². The first-order chi connectivity index (χ1) is 9.65. The fraction of sp³-hybridized carbons (Fsp3) is 0.250. The normalized spacial score (nSPS) is 19.1. The summed E-state index contributed by atoms with van der Waals surface area (Å²) < 4.78 is 19.0. The Kier molecular flexibility index (Phi) is 3.68. The number of aryl methyl sites for hydroxylation is 1. The number of aliphatic hydroxyl groups is 1. The summed E-state index contributed by atoms with van der Waals surface area (Å²) in [6, 6.07) is 12.2. The van der Waals surface area contributed by atoms with Crippen LogP contribution in [0.4, 0.5) is 4.39 Å². The molecule has 0 radical (unpaired) electrons. The zero-order valence-electron chi connectivity index (χ0n) is 11.0. The average Bonchev–Trinajstić information content (AvgIpc) is 2.46. The van der Waals surface area contributed by atoms with Gasteiger partial charge in [-0.3, -0.25) is 0 Å². The van der Waals surface area contributed by atoms with E-state index in [1.165, 1.54) is 12.1 Å². The van der Waals surface area contributed by atoms with Gasteiger partial charge in [-0.15, -0.1) is 11.8 Å². The number of aliphatic hydroxyl groups excluding tert-OH is 1. The van der Waals surface area contributed by atoms with E-state index in [1.54, 1.807) is 24.8 Å². The van der Waals surface area contributed by atoms with Gasteiger partial charge in [-0.05, 0) is 42.3 Å². The van der Waals surface area contributed by atoms with Gasteiger partial charge in [0.1, 0.15) is 23.8 Å². The molecule has 0 spiro atoms. The summed E-state index contributed by atoms with van der Waals surface area (Å²) in [6.07, 6.45) is -1.07. The quantitative estimate of drug-likeness (QED) is 0.914. The Labute approximate surface area is 121 Å². The van der Waals surface area contributed by atoms with E-state index in [-0.39, 0.29) is 11.9 Å². The largest absolute Gasteiger partial charge is 0.485 e. The predicted octanol–water partition coefficient (Wildman–Crippen LogP) is 3.72. The van der Waals surface area contributed by atoms with Crippen molar-refractivity contribution >= 4 is 11.8 Å². The van der Waals surface area contributed by atoms with Crippen molar-refractivity contribution in [3.05, 3.63) is 59.4 Å². The maximum Gasteiger partial charge on any atom is 0.138 e. The lowest BCUT2D eigenvalue weighted by molar-refractivity contribution is 0.0453. The van der Waals surface area contributed by atoms with Crippen LogP contribution in [0.1, 0.15) is 17.2 Å². The third-order valence-electron chi connectivity index (χ3n) is 3.43. The molecule has 1 aliphatic heterocycles. The number of ether oxygens (including phenoxy) is 1. The third kappa shape index (κ3) is 2.53. The van der Waals surface area contributed by atoms with Crippen LogP contribution in [0.25, 0.3) is 0 Å². The summed E-state index contributed by atoms with van der Waals surface area (Å²) in [5.74, 6) is 1.19. The second kappa shape index (κ2) is 5.46. The molecule has 0 saturated carbocycles. The molecule has 1 heterocycles. The lowest BCUT2D eigenvalue weighted by atomic mass is 10.00. The van der Waals surface area contributed by atoms with E-state index in [0.717, 1.165) is 21.8 Å². The van der Waals surface area contributed by atoms with Crippen molar-refractivity contribution in [2.45, 2.75) is 24.0 Å². The number of benzene rings is 2. The molecule has 0 fully saturated rings. The highest BCUT2D eigenvalue weighted by atomic mass is 32.2. The first-order valence-electron chi connectivity index (χ1n) is 6.48. The SMILES string of the molecule is Cc1cc(F)ccc1C(O)C1CSc2ccccc2O1. The second-order valence-corrected chi connectivity index (χ2v) is 5.92. The molecule has 0 saturated heterocycles. The zero-order chi connectivity index (χ0) is 14.1. The Hall–Kier alpha value is -1.52. The number of thioether (sulfide) groups is 1. The molecule has 2 nitrogen and oxygen atoms in total. The summed E-state index contributed by atoms with van der Waals surface area (Å²) in [4.78, 5) is 1.09. The van der Waals surface area contributed by atoms with E-state index in [9.17, 15) is 9.50 Å². The number of para-hydroxylation sites is 1. The van der Waals surface area contributed by atoms with Gasteiger partial charge in [0.15, 0.2) is 0 Å². The third-order valence-corrected chi connectivity index (χ3v) is 4.58. The number of fused-ring (bicyclic) bond motifs is 1. The van der Waals surface area contributed by atoms with E-state index >= 15 is 0 Å². The molecule has 1 aliphatic rings. The van der Waals surface area contributed by atoms with Crippen LogP contribution in [0, 0.1) is 12.7 Å². The zero-order valence-corrected chi connectivity index (χ0v) is 11.9. The van der Waals surface area contributed by atoms with Crippen LogP contribution >= 0.6 is 11.8 Å². The van der Waals surface area contributed by atoms with Gasteiger partial charge >= 0.3 is 0 Å². The van der Waals surface area contributed by atoms with Gasteiger partial charge in [0.25, 0.3) is 0 Å². The molecule has 0 aromatic heterocycles. The van der Waals surface area contributed by atoms with Gasteiger partial charge in [-0.25, -0.2) is 4.39 Å². The Morgan fingerprint density at radius 2 is 2.10 bits per heavy atom. The topological polar surface area (TPSA) is 29.5 Å². The summed E-state index contributed by atoms with van der Waals surface area (Å²) >= 11 is 1.67. The van der Waals surface area contributed by atoms with Crippen LogP contribution in [-0.4, -0.2) is 17.0 Å². The van der Waals surface area contributed by atoms with Crippen LogP contribution in [-0.2, 0) is 0 Å². The molecule has 20 heavy (non-hydrogen) atoms. The molecule has 4 heteroatoms. The summed E-state index contributed by atoms with van der Waals surface area (Å²) in [6.45, 7) is 1.80. The van der Waals surface area contributed by atoms with Crippen molar-refractivity contribution in [3.63, 3.8) is 0 Å².